The molecule has 1 aromatic carbocycles. The summed E-state index contributed by atoms with van der Waals surface area (Å²) in [6.07, 6.45) is 0.645. The maximum absolute atomic E-state index is 12.0. The number of carbonyl (C=O) groups is 1. The summed E-state index contributed by atoms with van der Waals surface area (Å²) >= 11 is 0. The molecule has 0 spiro atoms. The van der Waals surface area contributed by atoms with Crippen molar-refractivity contribution in [1.29, 1.82) is 5.26 Å². The Kier molecular flexibility index (Phi) is 5.75. The number of amides is 2. The summed E-state index contributed by atoms with van der Waals surface area (Å²) in [5.41, 5.74) is 1.41. The second-order valence-corrected chi connectivity index (χ2v) is 6.89. The van der Waals surface area contributed by atoms with Crippen LogP contribution in [-0.2, 0) is 11.8 Å². The molecule has 0 aliphatic heterocycles. The zero-order valence-electron chi connectivity index (χ0n) is 15.0. The molecule has 0 bridgehead atoms. The molecular formula is C18H23N5O2. The summed E-state index contributed by atoms with van der Waals surface area (Å²) < 4.78 is 5.22. The molecule has 0 saturated carbocycles. The van der Waals surface area contributed by atoms with Crippen LogP contribution < -0.4 is 10.6 Å². The van der Waals surface area contributed by atoms with Gasteiger partial charge in [0.15, 0.2) is 5.82 Å². The van der Waals surface area contributed by atoms with Crippen molar-refractivity contribution in [3.05, 3.63) is 47.1 Å². The standard InChI is InChI=1S/C18H23N5O2/c1-12(15-22-16(23-25-15)18(2,3)4)21-17(24)20-9-8-13-6-5-7-14(10-13)11-19/h5-7,10,12H,8-9H2,1-4H3,(H2,20,21,24)/t12-/m0/s1. The van der Waals surface area contributed by atoms with E-state index in [0.717, 1.165) is 5.56 Å². The third-order valence-corrected chi connectivity index (χ3v) is 3.59. The van der Waals surface area contributed by atoms with E-state index in [2.05, 4.69) is 26.8 Å². The van der Waals surface area contributed by atoms with Gasteiger partial charge in [0.25, 0.3) is 0 Å². The highest BCUT2D eigenvalue weighted by Gasteiger charge is 2.23. The first-order chi connectivity index (χ1) is 11.8. The molecule has 7 nitrogen and oxygen atoms in total. The number of carbonyl (C=O) groups excluding carboxylic acids is 1. The van der Waals surface area contributed by atoms with Crippen LogP contribution in [0.4, 0.5) is 4.79 Å². The van der Waals surface area contributed by atoms with E-state index in [0.29, 0.717) is 30.2 Å². The van der Waals surface area contributed by atoms with E-state index >= 15 is 0 Å². The average molecular weight is 341 g/mol. The predicted molar refractivity (Wildman–Crippen MR) is 92.8 cm³/mol. The molecule has 0 saturated heterocycles. The van der Waals surface area contributed by atoms with Gasteiger partial charge in [-0.25, -0.2) is 4.79 Å². The lowest BCUT2D eigenvalue weighted by Crippen LogP contribution is -2.38. The van der Waals surface area contributed by atoms with Gasteiger partial charge in [0.05, 0.1) is 11.6 Å². The van der Waals surface area contributed by atoms with Gasteiger partial charge in [-0.15, -0.1) is 0 Å². The van der Waals surface area contributed by atoms with Crippen molar-refractivity contribution in [3.8, 4) is 6.07 Å². The van der Waals surface area contributed by atoms with Crippen molar-refractivity contribution < 1.29 is 9.32 Å². The lowest BCUT2D eigenvalue weighted by atomic mass is 9.96. The third-order valence-electron chi connectivity index (χ3n) is 3.59. The largest absolute Gasteiger partial charge is 0.338 e. The minimum absolute atomic E-state index is 0.207. The fraction of sp³-hybridized carbons (Fsp3) is 0.444. The van der Waals surface area contributed by atoms with Crippen LogP contribution >= 0.6 is 0 Å². The Hall–Kier alpha value is -2.88. The van der Waals surface area contributed by atoms with Gasteiger partial charge in [0.2, 0.25) is 5.89 Å². The number of hydrogen-bond acceptors (Lipinski definition) is 5. The number of benzene rings is 1. The van der Waals surface area contributed by atoms with E-state index in [9.17, 15) is 4.79 Å². The number of nitrogens with zero attached hydrogens (tertiary/aromatic N) is 3. The molecule has 2 amide bonds. The average Bonchev–Trinajstić information content (AvgIpc) is 3.05. The number of nitrogens with one attached hydrogen (secondary N) is 2. The quantitative estimate of drug-likeness (QED) is 0.870. The van der Waals surface area contributed by atoms with Crippen LogP contribution in [0, 0.1) is 11.3 Å². The first-order valence-corrected chi connectivity index (χ1v) is 8.17. The van der Waals surface area contributed by atoms with Crippen LogP contribution in [-0.4, -0.2) is 22.7 Å². The van der Waals surface area contributed by atoms with Crippen molar-refractivity contribution in [1.82, 2.24) is 20.8 Å². The Bertz CT molecular complexity index is 770. The molecule has 0 unspecified atom stereocenters. The molecule has 2 N–H and O–H groups in total. The Morgan fingerprint density at radius 2 is 2.16 bits per heavy atom. The highest BCUT2D eigenvalue weighted by Crippen LogP contribution is 2.20. The second-order valence-electron chi connectivity index (χ2n) is 6.89. The highest BCUT2D eigenvalue weighted by molar-refractivity contribution is 5.74. The molecule has 132 valence electrons. The number of nitriles is 1. The minimum atomic E-state index is -0.384. The summed E-state index contributed by atoms with van der Waals surface area (Å²) in [6, 6.07) is 8.73. The van der Waals surface area contributed by atoms with Crippen LogP contribution in [0.2, 0.25) is 0 Å². The van der Waals surface area contributed by atoms with E-state index < -0.39 is 0 Å². The van der Waals surface area contributed by atoms with Gasteiger partial charge >= 0.3 is 6.03 Å². The number of urea groups is 1. The van der Waals surface area contributed by atoms with Crippen molar-refractivity contribution in [2.24, 2.45) is 0 Å². The molecule has 25 heavy (non-hydrogen) atoms. The monoisotopic (exact) mass is 341 g/mol. The van der Waals surface area contributed by atoms with Crippen LogP contribution in [0.3, 0.4) is 0 Å². The van der Waals surface area contributed by atoms with E-state index in [1.165, 1.54) is 0 Å². The lowest BCUT2D eigenvalue weighted by molar-refractivity contribution is 0.234. The molecule has 0 fully saturated rings. The van der Waals surface area contributed by atoms with Gasteiger partial charge < -0.3 is 15.2 Å². The van der Waals surface area contributed by atoms with Crippen LogP contribution in [0.25, 0.3) is 0 Å². The molecule has 1 atom stereocenters. The van der Waals surface area contributed by atoms with Gasteiger partial charge in [-0.05, 0) is 31.0 Å². The van der Waals surface area contributed by atoms with Crippen molar-refractivity contribution in [2.75, 3.05) is 6.54 Å². The fourth-order valence-electron chi connectivity index (χ4n) is 2.14. The van der Waals surface area contributed by atoms with Crippen molar-refractivity contribution >= 4 is 6.03 Å². The summed E-state index contributed by atoms with van der Waals surface area (Å²) in [4.78, 5) is 16.3. The van der Waals surface area contributed by atoms with Gasteiger partial charge in [-0.1, -0.05) is 38.1 Å². The molecular weight excluding hydrogens is 318 g/mol. The first-order valence-electron chi connectivity index (χ1n) is 8.17. The minimum Gasteiger partial charge on any atom is -0.338 e. The lowest BCUT2D eigenvalue weighted by Gasteiger charge is -2.12. The van der Waals surface area contributed by atoms with Gasteiger partial charge in [-0.3, -0.25) is 0 Å². The van der Waals surface area contributed by atoms with E-state index in [1.807, 2.05) is 39.0 Å². The predicted octanol–water partition coefficient (Wildman–Crippen LogP) is 2.84. The molecule has 0 aliphatic rings. The number of hydrogen-bond donors (Lipinski definition) is 2. The summed E-state index contributed by atoms with van der Waals surface area (Å²) in [6.45, 7) is 8.23. The summed E-state index contributed by atoms with van der Waals surface area (Å²) in [5, 5.41) is 18.4. The molecule has 1 aromatic heterocycles. The van der Waals surface area contributed by atoms with Crippen LogP contribution in [0.1, 0.15) is 56.6 Å². The maximum Gasteiger partial charge on any atom is 0.315 e. The van der Waals surface area contributed by atoms with Crippen molar-refractivity contribution in [3.63, 3.8) is 0 Å². The van der Waals surface area contributed by atoms with Crippen molar-refractivity contribution in [2.45, 2.75) is 45.6 Å². The molecule has 2 rings (SSSR count). The Balaban J connectivity index is 1.81. The summed E-state index contributed by atoms with van der Waals surface area (Å²) in [7, 11) is 0. The smallest absolute Gasteiger partial charge is 0.315 e. The van der Waals surface area contributed by atoms with Crippen LogP contribution in [0.15, 0.2) is 28.8 Å². The Labute approximate surface area is 147 Å². The van der Waals surface area contributed by atoms with E-state index in [-0.39, 0.29) is 17.5 Å². The highest BCUT2D eigenvalue weighted by atomic mass is 16.5. The third kappa shape index (κ3) is 5.31. The first kappa shape index (κ1) is 18.5. The van der Waals surface area contributed by atoms with E-state index in [4.69, 9.17) is 9.78 Å². The fourth-order valence-corrected chi connectivity index (χ4v) is 2.14. The second kappa shape index (κ2) is 7.79. The summed E-state index contributed by atoms with van der Waals surface area (Å²) in [5.74, 6) is 0.982. The number of rotatable bonds is 5. The molecule has 0 aliphatic carbocycles. The Morgan fingerprint density at radius 1 is 1.40 bits per heavy atom. The SMILES string of the molecule is C[C@H](NC(=O)NCCc1cccc(C#N)c1)c1nc(C(C)(C)C)no1. The maximum atomic E-state index is 12.0. The number of aromatic nitrogens is 2. The van der Waals surface area contributed by atoms with Gasteiger partial charge in [0.1, 0.15) is 6.04 Å². The zero-order chi connectivity index (χ0) is 18.4. The van der Waals surface area contributed by atoms with E-state index in [1.54, 1.807) is 13.0 Å². The molecule has 2 aromatic rings. The van der Waals surface area contributed by atoms with Gasteiger partial charge in [0, 0.05) is 12.0 Å². The molecule has 0 radical (unpaired) electrons. The molecule has 7 heteroatoms. The Morgan fingerprint density at radius 3 is 2.80 bits per heavy atom. The normalized spacial score (nSPS) is 12.3. The van der Waals surface area contributed by atoms with Gasteiger partial charge in [-0.2, -0.15) is 10.2 Å². The molecule has 1 heterocycles. The zero-order valence-corrected chi connectivity index (χ0v) is 15.0. The van der Waals surface area contributed by atoms with Crippen LogP contribution in [0.5, 0.6) is 0 Å². The topological polar surface area (TPSA) is 104 Å².